The summed E-state index contributed by atoms with van der Waals surface area (Å²) in [7, 11) is 0. The molecule has 1 unspecified atom stereocenters. The Labute approximate surface area is 169 Å². The van der Waals surface area contributed by atoms with Crippen molar-refractivity contribution >= 4 is 17.5 Å². The molecular weight excluding hydrogens is 368 g/mol. The molecule has 2 aliphatic heterocycles. The largest absolute Gasteiger partial charge is 0.454 e. The number of nitrogens with zero attached hydrogens (tertiary/aromatic N) is 2. The Balaban J connectivity index is 1.42. The number of hydrogen-bond acceptors (Lipinski definition) is 7. The lowest BCUT2D eigenvalue weighted by atomic mass is 10.1. The summed E-state index contributed by atoms with van der Waals surface area (Å²) in [6.07, 6.45) is 2.42. The highest BCUT2D eigenvalue weighted by molar-refractivity contribution is 5.67. The molecule has 3 aromatic rings. The number of nitrogens with one attached hydrogen (secondary N) is 2. The third-order valence-corrected chi connectivity index (χ3v) is 4.96. The summed E-state index contributed by atoms with van der Waals surface area (Å²) in [5, 5.41) is 6.69. The smallest absolute Gasteiger partial charge is 0.231 e. The van der Waals surface area contributed by atoms with Crippen LogP contribution in [-0.4, -0.2) is 36.0 Å². The Kier molecular flexibility index (Phi) is 4.88. The van der Waals surface area contributed by atoms with Gasteiger partial charge in [-0.05, 0) is 25.0 Å². The van der Waals surface area contributed by atoms with Crippen molar-refractivity contribution in [3.05, 3.63) is 54.6 Å². The zero-order valence-corrected chi connectivity index (χ0v) is 15.9. The topological polar surface area (TPSA) is 77.5 Å². The molecule has 7 nitrogen and oxygen atoms in total. The maximum atomic E-state index is 5.71. The van der Waals surface area contributed by atoms with Crippen molar-refractivity contribution in [3.8, 4) is 22.8 Å². The van der Waals surface area contributed by atoms with Gasteiger partial charge in [-0.1, -0.05) is 30.3 Å². The molecule has 1 atom stereocenters. The van der Waals surface area contributed by atoms with E-state index in [1.165, 1.54) is 0 Å². The van der Waals surface area contributed by atoms with Crippen LogP contribution in [0, 0.1) is 0 Å². The van der Waals surface area contributed by atoms with Gasteiger partial charge in [-0.25, -0.2) is 4.98 Å². The van der Waals surface area contributed by atoms with Gasteiger partial charge in [0, 0.05) is 36.5 Å². The lowest BCUT2D eigenvalue weighted by Gasteiger charge is -2.14. The first-order valence-electron chi connectivity index (χ1n) is 9.80. The quantitative estimate of drug-likeness (QED) is 0.653. The second-order valence-electron chi connectivity index (χ2n) is 7.04. The minimum Gasteiger partial charge on any atom is -0.454 e. The van der Waals surface area contributed by atoms with Crippen molar-refractivity contribution in [2.24, 2.45) is 0 Å². The monoisotopic (exact) mass is 390 g/mol. The third kappa shape index (κ3) is 4.09. The zero-order chi connectivity index (χ0) is 19.5. The van der Waals surface area contributed by atoms with Gasteiger partial charge in [0.15, 0.2) is 11.5 Å². The number of anilines is 3. The van der Waals surface area contributed by atoms with Gasteiger partial charge >= 0.3 is 0 Å². The molecule has 0 aliphatic carbocycles. The van der Waals surface area contributed by atoms with Gasteiger partial charge in [-0.2, -0.15) is 4.98 Å². The standard InChI is InChI=1S/C22H22N4O3/c1-2-5-15(6-3-1)18-12-21(23-13-17-7-4-10-27-17)26-22(25-18)24-16-8-9-19-20(11-16)29-14-28-19/h1-3,5-6,8-9,11-12,17H,4,7,10,13-14H2,(H2,23,24,25,26). The van der Waals surface area contributed by atoms with E-state index < -0.39 is 0 Å². The molecule has 0 saturated carbocycles. The average Bonchev–Trinajstić information content (AvgIpc) is 3.44. The van der Waals surface area contributed by atoms with Crippen LogP contribution in [0.3, 0.4) is 0 Å². The number of ether oxygens (including phenoxy) is 3. The summed E-state index contributed by atoms with van der Waals surface area (Å²) >= 11 is 0. The Hall–Kier alpha value is -3.32. The predicted octanol–water partition coefficient (Wildman–Crippen LogP) is 4.21. The molecule has 2 aromatic carbocycles. The minimum absolute atomic E-state index is 0.232. The molecule has 5 rings (SSSR count). The van der Waals surface area contributed by atoms with Crippen molar-refractivity contribution in [3.63, 3.8) is 0 Å². The number of benzene rings is 2. The van der Waals surface area contributed by atoms with E-state index in [1.54, 1.807) is 0 Å². The second kappa shape index (κ2) is 7.97. The Bertz CT molecular complexity index is 991. The summed E-state index contributed by atoms with van der Waals surface area (Å²) in [5.41, 5.74) is 2.71. The normalized spacial score (nSPS) is 17.3. The van der Waals surface area contributed by atoms with Crippen LogP contribution in [0.15, 0.2) is 54.6 Å². The number of rotatable bonds is 6. The average molecular weight is 390 g/mol. The van der Waals surface area contributed by atoms with Crippen LogP contribution < -0.4 is 20.1 Å². The second-order valence-corrected chi connectivity index (χ2v) is 7.04. The molecule has 0 bridgehead atoms. The molecule has 148 valence electrons. The van der Waals surface area contributed by atoms with Gasteiger partial charge in [0.05, 0.1) is 11.8 Å². The van der Waals surface area contributed by atoms with Gasteiger partial charge in [0.25, 0.3) is 0 Å². The van der Waals surface area contributed by atoms with Gasteiger partial charge in [-0.3, -0.25) is 0 Å². The highest BCUT2D eigenvalue weighted by Crippen LogP contribution is 2.35. The van der Waals surface area contributed by atoms with Crippen molar-refractivity contribution in [1.29, 1.82) is 0 Å². The van der Waals surface area contributed by atoms with Crippen LogP contribution in [0.25, 0.3) is 11.3 Å². The fraction of sp³-hybridized carbons (Fsp3) is 0.273. The summed E-state index contributed by atoms with van der Waals surface area (Å²) in [4.78, 5) is 9.35. The molecule has 1 saturated heterocycles. The maximum absolute atomic E-state index is 5.71. The first-order valence-corrected chi connectivity index (χ1v) is 9.80. The summed E-state index contributed by atoms with van der Waals surface area (Å²) in [6.45, 7) is 1.81. The fourth-order valence-electron chi connectivity index (χ4n) is 3.48. The van der Waals surface area contributed by atoms with E-state index in [2.05, 4.69) is 15.6 Å². The van der Waals surface area contributed by atoms with E-state index in [1.807, 2.05) is 54.6 Å². The number of aromatic nitrogens is 2. The molecule has 2 N–H and O–H groups in total. The molecule has 0 spiro atoms. The van der Waals surface area contributed by atoms with Crippen LogP contribution in [0.1, 0.15) is 12.8 Å². The van der Waals surface area contributed by atoms with E-state index in [0.29, 0.717) is 11.7 Å². The lowest BCUT2D eigenvalue weighted by Crippen LogP contribution is -2.19. The van der Waals surface area contributed by atoms with Gasteiger partial charge in [-0.15, -0.1) is 0 Å². The Morgan fingerprint density at radius 2 is 1.86 bits per heavy atom. The molecule has 2 aliphatic rings. The summed E-state index contributed by atoms with van der Waals surface area (Å²) in [5.74, 6) is 2.73. The van der Waals surface area contributed by atoms with Crippen molar-refractivity contribution in [1.82, 2.24) is 9.97 Å². The fourth-order valence-corrected chi connectivity index (χ4v) is 3.48. The zero-order valence-electron chi connectivity index (χ0n) is 15.9. The summed E-state index contributed by atoms with van der Waals surface area (Å²) in [6, 6.07) is 17.7. The Morgan fingerprint density at radius 1 is 0.966 bits per heavy atom. The highest BCUT2D eigenvalue weighted by Gasteiger charge is 2.17. The number of hydrogen-bond donors (Lipinski definition) is 2. The molecule has 0 amide bonds. The van der Waals surface area contributed by atoms with Gasteiger partial charge in [0.1, 0.15) is 5.82 Å². The van der Waals surface area contributed by atoms with Crippen LogP contribution in [0.4, 0.5) is 17.5 Å². The van der Waals surface area contributed by atoms with Crippen molar-refractivity contribution in [2.45, 2.75) is 18.9 Å². The van der Waals surface area contributed by atoms with Gasteiger partial charge in [0.2, 0.25) is 12.7 Å². The maximum Gasteiger partial charge on any atom is 0.231 e. The molecule has 7 heteroatoms. The molecule has 29 heavy (non-hydrogen) atoms. The molecule has 1 fully saturated rings. The molecule has 1 aromatic heterocycles. The van der Waals surface area contributed by atoms with Crippen LogP contribution in [0.5, 0.6) is 11.5 Å². The first kappa shape index (κ1) is 17.8. The van der Waals surface area contributed by atoms with E-state index in [-0.39, 0.29) is 12.9 Å². The molecule has 3 heterocycles. The van der Waals surface area contributed by atoms with E-state index >= 15 is 0 Å². The highest BCUT2D eigenvalue weighted by atomic mass is 16.7. The third-order valence-electron chi connectivity index (χ3n) is 4.96. The van der Waals surface area contributed by atoms with Gasteiger partial charge < -0.3 is 24.8 Å². The van der Waals surface area contributed by atoms with Crippen LogP contribution in [-0.2, 0) is 4.74 Å². The van der Waals surface area contributed by atoms with E-state index in [4.69, 9.17) is 19.2 Å². The molecular formula is C22H22N4O3. The summed E-state index contributed by atoms with van der Waals surface area (Å²) < 4.78 is 16.5. The van der Waals surface area contributed by atoms with E-state index in [0.717, 1.165) is 54.5 Å². The number of fused-ring (bicyclic) bond motifs is 1. The van der Waals surface area contributed by atoms with E-state index in [9.17, 15) is 0 Å². The Morgan fingerprint density at radius 3 is 2.72 bits per heavy atom. The minimum atomic E-state index is 0.232. The van der Waals surface area contributed by atoms with Crippen LogP contribution >= 0.6 is 0 Å². The van der Waals surface area contributed by atoms with Crippen molar-refractivity contribution < 1.29 is 14.2 Å². The molecule has 0 radical (unpaired) electrons. The SMILES string of the molecule is c1ccc(-c2cc(NCC3CCCO3)nc(Nc3ccc4c(c3)OCO4)n2)cc1. The lowest BCUT2D eigenvalue weighted by molar-refractivity contribution is 0.120. The van der Waals surface area contributed by atoms with Crippen LogP contribution in [0.2, 0.25) is 0 Å². The first-order chi connectivity index (χ1) is 14.3. The predicted molar refractivity (Wildman–Crippen MR) is 111 cm³/mol. The van der Waals surface area contributed by atoms with Crippen molar-refractivity contribution in [2.75, 3.05) is 30.6 Å².